The van der Waals surface area contributed by atoms with Crippen LogP contribution in [-0.4, -0.2) is 33.3 Å². The van der Waals surface area contributed by atoms with Crippen LogP contribution in [0.2, 0.25) is 5.02 Å². The molecule has 1 aromatic carbocycles. The highest BCUT2D eigenvalue weighted by atomic mass is 35.5. The molecule has 0 aliphatic carbocycles. The van der Waals surface area contributed by atoms with E-state index < -0.39 is 17.3 Å². The first-order valence-corrected chi connectivity index (χ1v) is 7.97. The molecule has 0 aliphatic rings. The molecule has 0 radical (unpaired) electrons. The number of hydrogen-bond donors (Lipinski definition) is 1. The summed E-state index contributed by atoms with van der Waals surface area (Å²) in [7, 11) is 1.51. The smallest absolute Gasteiger partial charge is 0.384 e. The standard InChI is InChI=1S/C16H14ClF3N4O2/c1-26-5-4-13-10(14(25)24-15(23-13)21-8-22-24)6-9-2-3-12(17)11(7-9)16(18,19)20/h2-3,7-8H,4-6H2,1H3,(H,21,22,23). The van der Waals surface area contributed by atoms with Gasteiger partial charge in [0.2, 0.25) is 0 Å². The van der Waals surface area contributed by atoms with Gasteiger partial charge in [0.25, 0.3) is 11.3 Å². The van der Waals surface area contributed by atoms with E-state index >= 15 is 0 Å². The van der Waals surface area contributed by atoms with Crippen LogP contribution in [0.5, 0.6) is 0 Å². The van der Waals surface area contributed by atoms with E-state index in [1.807, 2.05) is 0 Å². The Kier molecular flexibility index (Phi) is 5.01. The predicted octanol–water partition coefficient (Wildman–Crippen LogP) is 2.87. The molecule has 26 heavy (non-hydrogen) atoms. The van der Waals surface area contributed by atoms with Crippen molar-refractivity contribution in [1.29, 1.82) is 0 Å². The minimum absolute atomic E-state index is 0.0207. The maximum atomic E-state index is 13.1. The zero-order chi connectivity index (χ0) is 18.9. The number of nitrogens with zero attached hydrogens (tertiary/aromatic N) is 3. The summed E-state index contributed by atoms with van der Waals surface area (Å²) in [5, 5.41) is 2.25. The van der Waals surface area contributed by atoms with E-state index in [1.165, 1.54) is 25.6 Å². The van der Waals surface area contributed by atoms with Crippen LogP contribution < -0.4 is 5.56 Å². The number of ether oxygens (including phenoxy) is 1. The Morgan fingerprint density at radius 1 is 1.35 bits per heavy atom. The van der Waals surface area contributed by atoms with Crippen molar-refractivity contribution in [3.05, 3.63) is 62.3 Å². The summed E-state index contributed by atoms with van der Waals surface area (Å²) in [5.41, 5.74) is -0.335. The molecule has 0 atom stereocenters. The van der Waals surface area contributed by atoms with E-state index in [2.05, 4.69) is 15.1 Å². The highest BCUT2D eigenvalue weighted by Crippen LogP contribution is 2.35. The Bertz CT molecular complexity index is 997. The molecule has 0 saturated heterocycles. The third-order valence-electron chi connectivity index (χ3n) is 3.87. The summed E-state index contributed by atoms with van der Waals surface area (Å²) in [4.78, 5) is 20.9. The molecule has 10 heteroatoms. The van der Waals surface area contributed by atoms with Gasteiger partial charge in [-0.15, -0.1) is 0 Å². The molecular weight excluding hydrogens is 373 g/mol. The van der Waals surface area contributed by atoms with Crippen molar-refractivity contribution in [3.63, 3.8) is 0 Å². The molecule has 6 nitrogen and oxygen atoms in total. The van der Waals surface area contributed by atoms with Gasteiger partial charge in [0, 0.05) is 25.5 Å². The third kappa shape index (κ3) is 3.58. The fourth-order valence-corrected chi connectivity index (χ4v) is 2.85. The monoisotopic (exact) mass is 386 g/mol. The van der Waals surface area contributed by atoms with Crippen LogP contribution in [0.3, 0.4) is 0 Å². The Morgan fingerprint density at radius 3 is 2.81 bits per heavy atom. The average Bonchev–Trinajstić information content (AvgIpc) is 3.05. The largest absolute Gasteiger partial charge is 0.417 e. The fourth-order valence-electron chi connectivity index (χ4n) is 2.62. The highest BCUT2D eigenvalue weighted by Gasteiger charge is 2.33. The molecule has 138 valence electrons. The molecule has 0 fully saturated rings. The van der Waals surface area contributed by atoms with Crippen LogP contribution in [0.15, 0.2) is 29.3 Å². The molecule has 0 aliphatic heterocycles. The molecule has 0 bridgehead atoms. The number of methoxy groups -OCH3 is 1. The van der Waals surface area contributed by atoms with Crippen LogP contribution in [-0.2, 0) is 23.8 Å². The van der Waals surface area contributed by atoms with Crippen LogP contribution in [0.1, 0.15) is 22.4 Å². The van der Waals surface area contributed by atoms with Gasteiger partial charge in [0.1, 0.15) is 6.33 Å². The number of nitrogens with one attached hydrogen (secondary N) is 1. The second kappa shape index (κ2) is 7.08. The Labute approximate surface area is 150 Å². The maximum absolute atomic E-state index is 13.1. The Balaban J connectivity index is 2.08. The lowest BCUT2D eigenvalue weighted by molar-refractivity contribution is -0.137. The highest BCUT2D eigenvalue weighted by molar-refractivity contribution is 6.31. The number of halogens is 4. The van der Waals surface area contributed by atoms with E-state index in [-0.39, 0.29) is 22.8 Å². The summed E-state index contributed by atoms with van der Waals surface area (Å²) in [6.45, 7) is 0.314. The SMILES string of the molecule is COCCc1nc2nc[nH]n2c(=O)c1Cc1ccc(Cl)c(C(F)(F)F)c1. The molecule has 1 N–H and O–H groups in total. The van der Waals surface area contributed by atoms with Crippen molar-refractivity contribution in [1.82, 2.24) is 19.6 Å². The number of hydrogen-bond acceptors (Lipinski definition) is 4. The summed E-state index contributed by atoms with van der Waals surface area (Å²) < 4.78 is 45.4. The van der Waals surface area contributed by atoms with Crippen molar-refractivity contribution in [3.8, 4) is 0 Å². The molecule has 0 saturated carbocycles. The normalized spacial score (nSPS) is 12.0. The van der Waals surface area contributed by atoms with Crippen LogP contribution in [0, 0.1) is 0 Å². The summed E-state index contributed by atoms with van der Waals surface area (Å²) in [5.74, 6) is 0.192. The van der Waals surface area contributed by atoms with Gasteiger partial charge in [-0.2, -0.15) is 17.7 Å². The van der Waals surface area contributed by atoms with Crippen molar-refractivity contribution < 1.29 is 17.9 Å². The molecule has 3 aromatic rings. The second-order valence-corrected chi connectivity index (χ2v) is 6.00. The zero-order valence-corrected chi connectivity index (χ0v) is 14.4. The van der Waals surface area contributed by atoms with Gasteiger partial charge in [0.15, 0.2) is 0 Å². The molecule has 2 heterocycles. The van der Waals surface area contributed by atoms with Crippen molar-refractivity contribution in [2.75, 3.05) is 13.7 Å². The van der Waals surface area contributed by atoms with Crippen LogP contribution in [0.25, 0.3) is 5.78 Å². The lowest BCUT2D eigenvalue weighted by Crippen LogP contribution is -2.24. The summed E-state index contributed by atoms with van der Waals surface area (Å²) >= 11 is 5.65. The van der Waals surface area contributed by atoms with Gasteiger partial charge in [-0.1, -0.05) is 17.7 Å². The van der Waals surface area contributed by atoms with Crippen molar-refractivity contribution in [2.24, 2.45) is 0 Å². The van der Waals surface area contributed by atoms with Crippen molar-refractivity contribution >= 4 is 17.4 Å². The average molecular weight is 387 g/mol. The first kappa shape index (κ1) is 18.4. The Morgan fingerprint density at radius 2 is 2.12 bits per heavy atom. The van der Waals surface area contributed by atoms with E-state index in [0.29, 0.717) is 24.3 Å². The Hall–Kier alpha value is -2.39. The maximum Gasteiger partial charge on any atom is 0.417 e. The fraction of sp³-hybridized carbons (Fsp3) is 0.312. The third-order valence-corrected chi connectivity index (χ3v) is 4.20. The van der Waals surface area contributed by atoms with Gasteiger partial charge in [0.05, 0.1) is 22.9 Å². The zero-order valence-electron chi connectivity index (χ0n) is 13.6. The number of alkyl halides is 3. The van der Waals surface area contributed by atoms with Crippen molar-refractivity contribution in [2.45, 2.75) is 19.0 Å². The summed E-state index contributed by atoms with van der Waals surface area (Å²) in [6.07, 6.45) is -2.94. The lowest BCUT2D eigenvalue weighted by atomic mass is 10.0. The summed E-state index contributed by atoms with van der Waals surface area (Å²) in [6, 6.07) is 3.58. The topological polar surface area (TPSA) is 72.3 Å². The number of fused-ring (bicyclic) bond motifs is 1. The van der Waals surface area contributed by atoms with Gasteiger partial charge in [-0.3, -0.25) is 9.89 Å². The molecule has 0 spiro atoms. The molecule has 0 unspecified atom stereocenters. The second-order valence-electron chi connectivity index (χ2n) is 5.60. The molecule has 3 rings (SSSR count). The van der Waals surface area contributed by atoms with Crippen LogP contribution >= 0.6 is 11.6 Å². The number of aromatic nitrogens is 4. The van der Waals surface area contributed by atoms with Gasteiger partial charge in [-0.25, -0.2) is 9.97 Å². The quantitative estimate of drug-likeness (QED) is 0.732. The van der Waals surface area contributed by atoms with Gasteiger partial charge < -0.3 is 4.74 Å². The van der Waals surface area contributed by atoms with E-state index in [0.717, 1.165) is 10.6 Å². The van der Waals surface area contributed by atoms with E-state index in [1.54, 1.807) is 0 Å². The lowest BCUT2D eigenvalue weighted by Gasteiger charge is -2.12. The van der Waals surface area contributed by atoms with E-state index in [9.17, 15) is 18.0 Å². The number of rotatable bonds is 5. The van der Waals surface area contributed by atoms with E-state index in [4.69, 9.17) is 16.3 Å². The first-order valence-electron chi connectivity index (χ1n) is 7.59. The molecular formula is C16H14ClF3N4O2. The minimum atomic E-state index is -4.58. The first-order chi connectivity index (χ1) is 12.3. The molecule has 0 amide bonds. The predicted molar refractivity (Wildman–Crippen MR) is 88.4 cm³/mol. The molecule has 2 aromatic heterocycles. The number of H-pyrrole nitrogens is 1. The van der Waals surface area contributed by atoms with Gasteiger partial charge in [-0.05, 0) is 17.7 Å². The number of aromatic amines is 1. The van der Waals surface area contributed by atoms with Crippen LogP contribution in [0.4, 0.5) is 13.2 Å². The number of benzene rings is 1. The van der Waals surface area contributed by atoms with Gasteiger partial charge >= 0.3 is 6.18 Å². The minimum Gasteiger partial charge on any atom is -0.384 e.